The molecule has 1 amide bonds. The van der Waals surface area contributed by atoms with Crippen LogP contribution >= 0.6 is 11.6 Å². The van der Waals surface area contributed by atoms with Crippen molar-refractivity contribution in [2.45, 2.75) is 44.1 Å². The molecule has 1 aromatic carbocycles. The number of aromatic hydroxyl groups is 1. The van der Waals surface area contributed by atoms with Crippen molar-refractivity contribution in [3.05, 3.63) is 29.8 Å². The lowest BCUT2D eigenvalue weighted by Crippen LogP contribution is -2.52. The number of halogens is 1. The fourth-order valence-corrected chi connectivity index (χ4v) is 3.14. The average Bonchev–Trinajstić information content (AvgIpc) is 2.40. The lowest BCUT2D eigenvalue weighted by molar-refractivity contribution is -0.121. The second kappa shape index (κ2) is 5.83. The van der Waals surface area contributed by atoms with E-state index in [4.69, 9.17) is 11.6 Å². The third kappa shape index (κ3) is 3.21. The van der Waals surface area contributed by atoms with E-state index in [-0.39, 0.29) is 29.0 Å². The predicted molar refractivity (Wildman–Crippen MR) is 76.6 cm³/mol. The number of phenolic OH excluding ortho intramolecular Hbond substituents is 1. The Bertz CT molecular complexity index is 446. The van der Waals surface area contributed by atoms with Gasteiger partial charge in [-0.3, -0.25) is 4.79 Å². The van der Waals surface area contributed by atoms with Gasteiger partial charge in [0.1, 0.15) is 11.6 Å². The summed E-state index contributed by atoms with van der Waals surface area (Å²) in [7, 11) is 0. The number of nitrogens with one attached hydrogen (secondary N) is 1. The summed E-state index contributed by atoms with van der Waals surface area (Å²) in [5.74, 6) is 0.424. The minimum absolute atomic E-state index is 0.00210. The molecule has 19 heavy (non-hydrogen) atoms. The summed E-state index contributed by atoms with van der Waals surface area (Å²) in [5, 5.41) is 12.5. The number of hydrogen-bond acceptors (Lipinski definition) is 2. The van der Waals surface area contributed by atoms with Crippen LogP contribution in [-0.4, -0.2) is 22.4 Å². The molecule has 1 fully saturated rings. The normalized spacial score (nSPS) is 26.9. The van der Waals surface area contributed by atoms with Gasteiger partial charge in [0.2, 0.25) is 5.91 Å². The Balaban J connectivity index is 2.24. The van der Waals surface area contributed by atoms with Crippen molar-refractivity contribution < 1.29 is 9.90 Å². The molecular formula is C15H20ClNO2. The van der Waals surface area contributed by atoms with E-state index in [0.29, 0.717) is 0 Å². The number of carbonyl (C=O) groups is 1. The van der Waals surface area contributed by atoms with Gasteiger partial charge in [0, 0.05) is 11.5 Å². The molecule has 0 heterocycles. The van der Waals surface area contributed by atoms with Crippen LogP contribution in [0.1, 0.15) is 44.1 Å². The molecule has 0 radical (unpaired) electrons. The molecule has 0 saturated heterocycles. The maximum atomic E-state index is 11.6. The topological polar surface area (TPSA) is 49.3 Å². The highest BCUT2D eigenvalue weighted by atomic mass is 35.5. The van der Waals surface area contributed by atoms with Crippen LogP contribution in [0.2, 0.25) is 0 Å². The molecule has 4 heteroatoms. The molecule has 0 aliphatic heterocycles. The molecule has 0 aromatic heterocycles. The molecular weight excluding hydrogens is 262 g/mol. The summed E-state index contributed by atoms with van der Waals surface area (Å²) in [4.78, 5) is 11.6. The number of amides is 1. The van der Waals surface area contributed by atoms with E-state index in [2.05, 4.69) is 12.2 Å². The lowest BCUT2D eigenvalue weighted by atomic mass is 9.70. The van der Waals surface area contributed by atoms with E-state index < -0.39 is 0 Å². The van der Waals surface area contributed by atoms with E-state index in [1.165, 1.54) is 0 Å². The van der Waals surface area contributed by atoms with Gasteiger partial charge in [-0.1, -0.05) is 25.0 Å². The summed E-state index contributed by atoms with van der Waals surface area (Å²) in [5.41, 5.74) is 0.913. The molecule has 2 atom stereocenters. The van der Waals surface area contributed by atoms with Crippen LogP contribution in [0.25, 0.3) is 0 Å². The molecule has 2 N–H and O–H groups in total. The van der Waals surface area contributed by atoms with Crippen molar-refractivity contribution in [1.29, 1.82) is 0 Å². The third-order valence-corrected chi connectivity index (χ3v) is 4.29. The van der Waals surface area contributed by atoms with Crippen molar-refractivity contribution >= 4 is 17.5 Å². The number of rotatable bonds is 3. The van der Waals surface area contributed by atoms with Gasteiger partial charge in [0.05, 0.1) is 0 Å². The van der Waals surface area contributed by atoms with Crippen molar-refractivity contribution in [3.63, 3.8) is 0 Å². The Morgan fingerprint density at radius 1 is 1.42 bits per heavy atom. The largest absolute Gasteiger partial charge is 0.508 e. The first-order valence-corrected chi connectivity index (χ1v) is 7.24. The van der Waals surface area contributed by atoms with Crippen molar-refractivity contribution in [2.24, 2.45) is 0 Å². The van der Waals surface area contributed by atoms with E-state index in [1.807, 2.05) is 12.1 Å². The van der Waals surface area contributed by atoms with Gasteiger partial charge in [0.25, 0.3) is 0 Å². The summed E-state index contributed by atoms with van der Waals surface area (Å²) in [6.07, 6.45) is 4.29. The second-order valence-electron chi connectivity index (χ2n) is 5.49. The molecule has 2 rings (SSSR count). The molecule has 3 nitrogen and oxygen atoms in total. The number of alkyl halides is 1. The Morgan fingerprint density at radius 2 is 2.11 bits per heavy atom. The van der Waals surface area contributed by atoms with Gasteiger partial charge in [-0.25, -0.2) is 0 Å². The van der Waals surface area contributed by atoms with Crippen molar-refractivity contribution in [2.75, 3.05) is 5.88 Å². The molecule has 1 aliphatic carbocycles. The van der Waals surface area contributed by atoms with Gasteiger partial charge in [-0.15, -0.1) is 11.6 Å². The highest BCUT2D eigenvalue weighted by molar-refractivity contribution is 6.27. The minimum atomic E-state index is -0.249. The van der Waals surface area contributed by atoms with Gasteiger partial charge < -0.3 is 10.4 Å². The SMILES string of the molecule is C[C@]1(NC(=O)CCl)CCCC[C@H]1c1ccc(O)cc1. The molecule has 1 saturated carbocycles. The van der Waals surface area contributed by atoms with E-state index >= 15 is 0 Å². The molecule has 0 unspecified atom stereocenters. The molecule has 1 aromatic rings. The summed E-state index contributed by atoms with van der Waals surface area (Å²) >= 11 is 5.60. The maximum absolute atomic E-state index is 11.6. The van der Waals surface area contributed by atoms with Crippen LogP contribution in [-0.2, 0) is 4.79 Å². The monoisotopic (exact) mass is 281 g/mol. The quantitative estimate of drug-likeness (QED) is 0.836. The van der Waals surface area contributed by atoms with E-state index in [1.54, 1.807) is 12.1 Å². The zero-order valence-corrected chi connectivity index (χ0v) is 11.9. The Morgan fingerprint density at radius 3 is 2.74 bits per heavy atom. The maximum Gasteiger partial charge on any atom is 0.235 e. The number of carbonyl (C=O) groups excluding carboxylic acids is 1. The first-order chi connectivity index (χ1) is 9.05. The summed E-state index contributed by atoms with van der Waals surface area (Å²) < 4.78 is 0. The van der Waals surface area contributed by atoms with Crippen LogP contribution in [0.5, 0.6) is 5.75 Å². The van der Waals surface area contributed by atoms with Crippen LogP contribution in [0.15, 0.2) is 24.3 Å². The predicted octanol–water partition coefficient (Wildman–Crippen LogP) is 3.16. The standard InChI is InChI=1S/C15H20ClNO2/c1-15(17-14(19)10-16)9-3-2-4-13(15)11-5-7-12(18)8-6-11/h5-8,13,18H,2-4,9-10H2,1H3,(H,17,19)/t13-,15-/m0/s1. The number of benzene rings is 1. The van der Waals surface area contributed by atoms with Gasteiger partial charge in [0.15, 0.2) is 0 Å². The summed E-state index contributed by atoms with van der Waals surface area (Å²) in [6, 6.07) is 7.29. The van der Waals surface area contributed by atoms with Crippen LogP contribution < -0.4 is 5.32 Å². The van der Waals surface area contributed by atoms with Crippen LogP contribution in [0.4, 0.5) is 0 Å². The van der Waals surface area contributed by atoms with Crippen molar-refractivity contribution in [1.82, 2.24) is 5.32 Å². The molecule has 0 spiro atoms. The highest BCUT2D eigenvalue weighted by Gasteiger charge is 2.38. The number of hydrogen-bond donors (Lipinski definition) is 2. The van der Waals surface area contributed by atoms with Crippen molar-refractivity contribution in [3.8, 4) is 5.75 Å². The zero-order valence-electron chi connectivity index (χ0n) is 11.2. The lowest BCUT2D eigenvalue weighted by Gasteiger charge is -2.42. The Hall–Kier alpha value is -1.22. The Labute approximate surface area is 119 Å². The average molecular weight is 282 g/mol. The van der Waals surface area contributed by atoms with E-state index in [0.717, 1.165) is 31.2 Å². The third-order valence-electron chi connectivity index (χ3n) is 4.05. The molecule has 104 valence electrons. The van der Waals surface area contributed by atoms with E-state index in [9.17, 15) is 9.90 Å². The molecule has 1 aliphatic rings. The van der Waals surface area contributed by atoms with Crippen LogP contribution in [0, 0.1) is 0 Å². The minimum Gasteiger partial charge on any atom is -0.508 e. The zero-order chi connectivity index (χ0) is 13.9. The molecule has 0 bridgehead atoms. The smallest absolute Gasteiger partial charge is 0.235 e. The highest BCUT2D eigenvalue weighted by Crippen LogP contribution is 2.41. The first-order valence-electron chi connectivity index (χ1n) is 6.71. The second-order valence-corrected chi connectivity index (χ2v) is 5.76. The summed E-state index contributed by atoms with van der Waals surface area (Å²) in [6.45, 7) is 2.09. The first kappa shape index (κ1) is 14.2. The van der Waals surface area contributed by atoms with Gasteiger partial charge in [-0.2, -0.15) is 0 Å². The fourth-order valence-electron chi connectivity index (χ4n) is 3.08. The number of phenols is 1. The van der Waals surface area contributed by atoms with Crippen LogP contribution in [0.3, 0.4) is 0 Å². The van der Waals surface area contributed by atoms with Gasteiger partial charge in [-0.05, 0) is 37.5 Å². The Kier molecular flexibility index (Phi) is 4.35. The van der Waals surface area contributed by atoms with Gasteiger partial charge >= 0.3 is 0 Å². The fraction of sp³-hybridized carbons (Fsp3) is 0.533.